The zero-order chi connectivity index (χ0) is 14.0. The molecule has 1 saturated heterocycles. The van der Waals surface area contributed by atoms with E-state index in [1.807, 2.05) is 24.3 Å². The Morgan fingerprint density at radius 3 is 2.75 bits per heavy atom. The third-order valence-corrected chi connectivity index (χ3v) is 3.93. The van der Waals surface area contributed by atoms with Crippen LogP contribution in [0.25, 0.3) is 0 Å². The molecule has 2 aliphatic heterocycles. The van der Waals surface area contributed by atoms with Crippen LogP contribution in [0.1, 0.15) is 19.8 Å². The van der Waals surface area contributed by atoms with Crippen molar-refractivity contribution in [2.75, 3.05) is 19.7 Å². The highest BCUT2D eigenvalue weighted by molar-refractivity contribution is 5.82. The van der Waals surface area contributed by atoms with Gasteiger partial charge in [-0.1, -0.05) is 12.1 Å². The molecule has 1 aromatic rings. The van der Waals surface area contributed by atoms with E-state index in [0.29, 0.717) is 11.5 Å². The predicted octanol–water partition coefficient (Wildman–Crippen LogP) is 1.08. The summed E-state index contributed by atoms with van der Waals surface area (Å²) in [5.74, 6) is 1.24. The van der Waals surface area contributed by atoms with Gasteiger partial charge in [-0.3, -0.25) is 4.79 Å². The van der Waals surface area contributed by atoms with Crippen molar-refractivity contribution < 1.29 is 14.3 Å². The average molecular weight is 276 g/mol. The molecule has 0 aromatic heterocycles. The summed E-state index contributed by atoms with van der Waals surface area (Å²) in [5.41, 5.74) is -0.150. The quantitative estimate of drug-likeness (QED) is 0.849. The number of carbonyl (C=O) groups is 1. The molecule has 0 radical (unpaired) electrons. The maximum Gasteiger partial charge on any atom is 0.265 e. The lowest BCUT2D eigenvalue weighted by Crippen LogP contribution is -2.56. The van der Waals surface area contributed by atoms with Crippen LogP contribution in [0.2, 0.25) is 0 Å². The van der Waals surface area contributed by atoms with Gasteiger partial charge in [0.1, 0.15) is 6.61 Å². The fourth-order valence-electron chi connectivity index (χ4n) is 2.63. The minimum atomic E-state index is -0.573. The molecule has 5 nitrogen and oxygen atoms in total. The number of hydrogen-bond acceptors (Lipinski definition) is 4. The first kappa shape index (κ1) is 13.2. The Morgan fingerprint density at radius 1 is 1.30 bits per heavy atom. The summed E-state index contributed by atoms with van der Waals surface area (Å²) in [5, 5.41) is 6.41. The molecule has 1 amide bonds. The summed E-state index contributed by atoms with van der Waals surface area (Å²) in [4.78, 5) is 12.3. The lowest BCUT2D eigenvalue weighted by Gasteiger charge is -2.36. The van der Waals surface area contributed by atoms with Crippen molar-refractivity contribution in [3.8, 4) is 11.5 Å². The van der Waals surface area contributed by atoms with Crippen molar-refractivity contribution in [3.63, 3.8) is 0 Å². The fraction of sp³-hybridized carbons (Fsp3) is 0.533. The Bertz CT molecular complexity index is 498. The van der Waals surface area contributed by atoms with Gasteiger partial charge in [0.25, 0.3) is 5.91 Å². The Balaban J connectivity index is 1.64. The normalized spacial score (nSPS) is 23.9. The smallest absolute Gasteiger partial charge is 0.265 e. The molecule has 2 aliphatic rings. The molecule has 108 valence electrons. The summed E-state index contributed by atoms with van der Waals surface area (Å²) in [6.07, 6.45) is 1.29. The van der Waals surface area contributed by atoms with Crippen molar-refractivity contribution >= 4 is 5.91 Å². The molecule has 5 heteroatoms. The van der Waals surface area contributed by atoms with Crippen LogP contribution < -0.4 is 20.1 Å². The van der Waals surface area contributed by atoms with E-state index in [-0.39, 0.29) is 18.1 Å². The predicted molar refractivity (Wildman–Crippen MR) is 75.0 cm³/mol. The molecule has 0 aliphatic carbocycles. The van der Waals surface area contributed by atoms with Gasteiger partial charge in [-0.05, 0) is 45.0 Å². The first-order valence-corrected chi connectivity index (χ1v) is 7.08. The van der Waals surface area contributed by atoms with Crippen LogP contribution in [-0.2, 0) is 4.79 Å². The van der Waals surface area contributed by atoms with E-state index < -0.39 is 6.10 Å². The number of piperidine rings is 1. The minimum Gasteiger partial charge on any atom is -0.485 e. The Hall–Kier alpha value is -1.75. The van der Waals surface area contributed by atoms with Crippen LogP contribution in [0, 0.1) is 0 Å². The molecule has 1 atom stereocenters. The summed E-state index contributed by atoms with van der Waals surface area (Å²) < 4.78 is 11.3. The third-order valence-electron chi connectivity index (χ3n) is 3.93. The molecular weight excluding hydrogens is 256 g/mol. The number of carbonyl (C=O) groups excluding carboxylic acids is 1. The number of amides is 1. The molecule has 0 saturated carbocycles. The van der Waals surface area contributed by atoms with Crippen LogP contribution >= 0.6 is 0 Å². The summed E-state index contributed by atoms with van der Waals surface area (Å²) in [7, 11) is 0. The number of rotatable bonds is 2. The largest absolute Gasteiger partial charge is 0.485 e. The van der Waals surface area contributed by atoms with Gasteiger partial charge in [0.2, 0.25) is 6.10 Å². The lowest BCUT2D eigenvalue weighted by atomic mass is 9.90. The van der Waals surface area contributed by atoms with Crippen molar-refractivity contribution in [2.45, 2.75) is 31.4 Å². The van der Waals surface area contributed by atoms with Gasteiger partial charge in [-0.2, -0.15) is 0 Å². The topological polar surface area (TPSA) is 59.6 Å². The van der Waals surface area contributed by atoms with Gasteiger partial charge in [-0.25, -0.2) is 0 Å². The number of para-hydroxylation sites is 2. The van der Waals surface area contributed by atoms with Gasteiger partial charge < -0.3 is 20.1 Å². The molecule has 2 heterocycles. The van der Waals surface area contributed by atoms with Crippen molar-refractivity contribution in [1.82, 2.24) is 10.6 Å². The molecule has 1 aromatic carbocycles. The highest BCUT2D eigenvalue weighted by Gasteiger charge is 2.34. The summed E-state index contributed by atoms with van der Waals surface area (Å²) >= 11 is 0. The number of benzene rings is 1. The first-order valence-electron chi connectivity index (χ1n) is 7.08. The molecule has 1 fully saturated rings. The van der Waals surface area contributed by atoms with Crippen LogP contribution in [0.3, 0.4) is 0 Å². The van der Waals surface area contributed by atoms with E-state index in [0.717, 1.165) is 25.9 Å². The van der Waals surface area contributed by atoms with Crippen LogP contribution in [0.4, 0.5) is 0 Å². The molecule has 20 heavy (non-hydrogen) atoms. The van der Waals surface area contributed by atoms with Gasteiger partial charge in [0.05, 0.1) is 0 Å². The molecule has 3 rings (SSSR count). The SMILES string of the molecule is CC1(NC(=O)C2COc3ccccc3O2)CCNCC1. The highest BCUT2D eigenvalue weighted by atomic mass is 16.6. The Morgan fingerprint density at radius 2 is 2.00 bits per heavy atom. The second kappa shape index (κ2) is 5.32. The second-order valence-electron chi connectivity index (χ2n) is 5.66. The second-order valence-corrected chi connectivity index (χ2v) is 5.66. The lowest BCUT2D eigenvalue weighted by molar-refractivity contribution is -0.132. The van der Waals surface area contributed by atoms with E-state index in [4.69, 9.17) is 9.47 Å². The minimum absolute atomic E-state index is 0.0936. The molecule has 2 N–H and O–H groups in total. The molecule has 0 bridgehead atoms. The number of ether oxygens (including phenoxy) is 2. The first-order chi connectivity index (χ1) is 9.66. The average Bonchev–Trinajstić information content (AvgIpc) is 2.47. The molecular formula is C15H20N2O3. The van der Waals surface area contributed by atoms with E-state index in [1.54, 1.807) is 0 Å². The molecule has 0 spiro atoms. The van der Waals surface area contributed by atoms with Crippen molar-refractivity contribution in [1.29, 1.82) is 0 Å². The van der Waals surface area contributed by atoms with Crippen LogP contribution in [0.15, 0.2) is 24.3 Å². The Labute approximate surface area is 118 Å². The maximum atomic E-state index is 12.3. The zero-order valence-electron chi connectivity index (χ0n) is 11.6. The van der Waals surface area contributed by atoms with Gasteiger partial charge in [0.15, 0.2) is 11.5 Å². The maximum absolute atomic E-state index is 12.3. The summed E-state index contributed by atoms with van der Waals surface area (Å²) in [6.45, 7) is 4.21. The monoisotopic (exact) mass is 276 g/mol. The highest BCUT2D eigenvalue weighted by Crippen LogP contribution is 2.31. The van der Waals surface area contributed by atoms with E-state index in [9.17, 15) is 4.79 Å². The standard InChI is InChI=1S/C15H20N2O3/c1-15(6-8-16-9-7-15)17-14(18)13-10-19-11-4-2-3-5-12(11)20-13/h2-5,13,16H,6-10H2,1H3,(H,17,18). The van der Waals surface area contributed by atoms with Crippen LogP contribution in [-0.4, -0.2) is 37.2 Å². The van der Waals surface area contributed by atoms with Gasteiger partial charge in [0, 0.05) is 5.54 Å². The third kappa shape index (κ3) is 2.72. The Kier molecular flexibility index (Phi) is 3.53. The number of fused-ring (bicyclic) bond motifs is 1. The number of hydrogen-bond donors (Lipinski definition) is 2. The zero-order valence-corrected chi connectivity index (χ0v) is 11.6. The van der Waals surface area contributed by atoms with Crippen LogP contribution in [0.5, 0.6) is 11.5 Å². The van der Waals surface area contributed by atoms with Gasteiger partial charge in [-0.15, -0.1) is 0 Å². The molecule has 1 unspecified atom stereocenters. The van der Waals surface area contributed by atoms with Crippen molar-refractivity contribution in [3.05, 3.63) is 24.3 Å². The summed E-state index contributed by atoms with van der Waals surface area (Å²) in [6, 6.07) is 7.42. The van der Waals surface area contributed by atoms with Crippen molar-refractivity contribution in [2.24, 2.45) is 0 Å². The van der Waals surface area contributed by atoms with E-state index >= 15 is 0 Å². The van der Waals surface area contributed by atoms with E-state index in [1.165, 1.54) is 0 Å². The fourth-order valence-corrected chi connectivity index (χ4v) is 2.63. The number of nitrogens with one attached hydrogen (secondary N) is 2. The van der Waals surface area contributed by atoms with Gasteiger partial charge >= 0.3 is 0 Å². The van der Waals surface area contributed by atoms with E-state index in [2.05, 4.69) is 17.6 Å².